The van der Waals surface area contributed by atoms with Crippen LogP contribution in [0.15, 0.2) is 22.7 Å². The predicted octanol–water partition coefficient (Wildman–Crippen LogP) is 2.68. The van der Waals surface area contributed by atoms with E-state index in [0.29, 0.717) is 17.6 Å². The van der Waals surface area contributed by atoms with E-state index in [0.717, 1.165) is 23.2 Å². The lowest BCUT2D eigenvalue weighted by molar-refractivity contribution is 0.0697. The summed E-state index contributed by atoms with van der Waals surface area (Å²) < 4.78 is 0.909. The highest BCUT2D eigenvalue weighted by atomic mass is 79.9. The van der Waals surface area contributed by atoms with Gasteiger partial charge in [0.2, 0.25) is 0 Å². The highest BCUT2D eigenvalue weighted by Gasteiger charge is 2.28. The molecular formula is C14H19BrN2O2. The molecule has 0 radical (unpaired) electrons. The largest absolute Gasteiger partial charge is 0.478 e. The summed E-state index contributed by atoms with van der Waals surface area (Å²) in [6.07, 6.45) is 0. The zero-order valence-corrected chi connectivity index (χ0v) is 13.0. The first-order valence-electron chi connectivity index (χ1n) is 6.40. The predicted molar refractivity (Wildman–Crippen MR) is 80.0 cm³/mol. The summed E-state index contributed by atoms with van der Waals surface area (Å²) in [5.41, 5.74) is 1.17. The van der Waals surface area contributed by atoms with Crippen LogP contribution in [0, 0.1) is 0 Å². The molecule has 1 aromatic rings. The first kappa shape index (κ1) is 14.3. The molecule has 1 heterocycles. The van der Waals surface area contributed by atoms with E-state index in [1.807, 2.05) is 6.07 Å². The van der Waals surface area contributed by atoms with Crippen molar-refractivity contribution in [1.82, 2.24) is 4.90 Å². The van der Waals surface area contributed by atoms with Crippen LogP contribution in [0.5, 0.6) is 0 Å². The van der Waals surface area contributed by atoms with Gasteiger partial charge in [-0.1, -0.05) is 15.9 Å². The number of carbonyl (C=O) groups is 1. The second kappa shape index (κ2) is 5.51. The molecule has 5 heteroatoms. The number of hydrogen-bond donors (Lipinski definition) is 1. The molecule has 1 aliphatic rings. The third kappa shape index (κ3) is 2.92. The lowest BCUT2D eigenvalue weighted by Crippen LogP contribution is -2.55. The Labute approximate surface area is 122 Å². The fourth-order valence-electron chi connectivity index (χ4n) is 2.55. The van der Waals surface area contributed by atoms with Gasteiger partial charge < -0.3 is 10.0 Å². The molecule has 0 bridgehead atoms. The Morgan fingerprint density at radius 2 is 1.89 bits per heavy atom. The monoisotopic (exact) mass is 326 g/mol. The molecule has 0 spiro atoms. The zero-order valence-electron chi connectivity index (χ0n) is 11.4. The molecular weight excluding hydrogens is 308 g/mol. The van der Waals surface area contributed by atoms with Gasteiger partial charge in [0.15, 0.2) is 0 Å². The number of piperazine rings is 1. The van der Waals surface area contributed by atoms with E-state index < -0.39 is 5.97 Å². The van der Waals surface area contributed by atoms with Crippen LogP contribution in [0.3, 0.4) is 0 Å². The van der Waals surface area contributed by atoms with Gasteiger partial charge in [0, 0.05) is 29.6 Å². The molecule has 1 aromatic carbocycles. The van der Waals surface area contributed by atoms with Crippen LogP contribution in [0.4, 0.5) is 5.69 Å². The van der Waals surface area contributed by atoms with E-state index in [-0.39, 0.29) is 0 Å². The summed E-state index contributed by atoms with van der Waals surface area (Å²) in [7, 11) is 2.12. The third-order valence-corrected chi connectivity index (χ3v) is 4.38. The van der Waals surface area contributed by atoms with Crippen molar-refractivity contribution in [2.24, 2.45) is 0 Å². The minimum atomic E-state index is -0.873. The van der Waals surface area contributed by atoms with Gasteiger partial charge in [-0.05, 0) is 39.1 Å². The molecule has 0 aliphatic carbocycles. The van der Waals surface area contributed by atoms with Gasteiger partial charge in [-0.15, -0.1) is 0 Å². The van der Waals surface area contributed by atoms with Crippen molar-refractivity contribution in [3.05, 3.63) is 28.2 Å². The molecule has 1 N–H and O–H groups in total. The molecule has 19 heavy (non-hydrogen) atoms. The highest BCUT2D eigenvalue weighted by Crippen LogP contribution is 2.28. The van der Waals surface area contributed by atoms with Gasteiger partial charge in [0.25, 0.3) is 0 Å². The van der Waals surface area contributed by atoms with Crippen LogP contribution in [0.25, 0.3) is 0 Å². The SMILES string of the molecule is CC1CN(c2cc(Br)ccc2C(=O)O)CC(C)N1C. The van der Waals surface area contributed by atoms with Crippen molar-refractivity contribution in [3.63, 3.8) is 0 Å². The first-order chi connectivity index (χ1) is 8.90. The minimum Gasteiger partial charge on any atom is -0.478 e. The smallest absolute Gasteiger partial charge is 0.337 e. The molecule has 2 rings (SSSR count). The van der Waals surface area contributed by atoms with Crippen molar-refractivity contribution in [2.75, 3.05) is 25.0 Å². The first-order valence-corrected chi connectivity index (χ1v) is 7.19. The standard InChI is InChI=1S/C14H19BrN2O2/c1-9-7-17(8-10(2)16(9)3)13-6-11(15)4-5-12(13)14(18)19/h4-6,9-10H,7-8H2,1-3H3,(H,18,19). The van der Waals surface area contributed by atoms with Crippen LogP contribution in [0.1, 0.15) is 24.2 Å². The van der Waals surface area contributed by atoms with E-state index in [1.54, 1.807) is 12.1 Å². The van der Waals surface area contributed by atoms with Crippen LogP contribution in [0.2, 0.25) is 0 Å². The van der Waals surface area contributed by atoms with Gasteiger partial charge in [-0.3, -0.25) is 4.90 Å². The fraction of sp³-hybridized carbons (Fsp3) is 0.500. The van der Waals surface area contributed by atoms with Crippen molar-refractivity contribution in [2.45, 2.75) is 25.9 Å². The maximum atomic E-state index is 11.4. The van der Waals surface area contributed by atoms with Crippen LogP contribution < -0.4 is 4.90 Å². The van der Waals surface area contributed by atoms with Gasteiger partial charge in [-0.2, -0.15) is 0 Å². The van der Waals surface area contributed by atoms with Gasteiger partial charge in [0.05, 0.1) is 11.3 Å². The summed E-state index contributed by atoms with van der Waals surface area (Å²) in [5.74, 6) is -0.873. The third-order valence-electron chi connectivity index (χ3n) is 3.89. The zero-order chi connectivity index (χ0) is 14.2. The molecule has 1 aliphatic heterocycles. The Hall–Kier alpha value is -1.07. The van der Waals surface area contributed by atoms with Crippen molar-refractivity contribution in [3.8, 4) is 0 Å². The van der Waals surface area contributed by atoms with E-state index in [9.17, 15) is 9.90 Å². The number of likely N-dealkylation sites (N-methyl/N-ethyl adjacent to an activating group) is 1. The number of hydrogen-bond acceptors (Lipinski definition) is 3. The lowest BCUT2D eigenvalue weighted by Gasteiger charge is -2.43. The molecule has 0 aromatic heterocycles. The average molecular weight is 327 g/mol. The lowest BCUT2D eigenvalue weighted by atomic mass is 10.1. The Morgan fingerprint density at radius 3 is 2.42 bits per heavy atom. The summed E-state index contributed by atoms with van der Waals surface area (Å²) in [5, 5.41) is 9.32. The Kier molecular flexibility index (Phi) is 4.16. The molecule has 0 amide bonds. The Balaban J connectivity index is 2.36. The van der Waals surface area contributed by atoms with Crippen molar-refractivity contribution in [1.29, 1.82) is 0 Å². The maximum absolute atomic E-state index is 11.4. The van der Waals surface area contributed by atoms with Crippen LogP contribution in [-0.4, -0.2) is 48.2 Å². The number of benzene rings is 1. The molecule has 0 saturated carbocycles. The molecule has 1 saturated heterocycles. The summed E-state index contributed by atoms with van der Waals surface area (Å²) in [6, 6.07) is 6.15. The Bertz CT molecular complexity index is 480. The normalized spacial score (nSPS) is 24.5. The number of carboxylic acids is 1. The fourth-order valence-corrected chi connectivity index (χ4v) is 2.90. The number of anilines is 1. The number of carboxylic acid groups (broad SMARTS) is 1. The second-order valence-corrected chi connectivity index (χ2v) is 6.15. The van der Waals surface area contributed by atoms with E-state index in [1.165, 1.54) is 0 Å². The average Bonchev–Trinajstić information content (AvgIpc) is 2.34. The molecule has 2 atom stereocenters. The quantitative estimate of drug-likeness (QED) is 0.907. The van der Waals surface area contributed by atoms with Crippen molar-refractivity contribution < 1.29 is 9.90 Å². The van der Waals surface area contributed by atoms with E-state index in [4.69, 9.17) is 0 Å². The molecule has 104 valence electrons. The van der Waals surface area contributed by atoms with E-state index >= 15 is 0 Å². The molecule has 2 unspecified atom stereocenters. The second-order valence-electron chi connectivity index (χ2n) is 5.24. The highest BCUT2D eigenvalue weighted by molar-refractivity contribution is 9.10. The molecule has 1 fully saturated rings. The molecule has 4 nitrogen and oxygen atoms in total. The van der Waals surface area contributed by atoms with Gasteiger partial charge in [-0.25, -0.2) is 4.79 Å². The summed E-state index contributed by atoms with van der Waals surface area (Å²) >= 11 is 3.42. The summed E-state index contributed by atoms with van der Waals surface area (Å²) in [4.78, 5) is 15.8. The van der Waals surface area contributed by atoms with Gasteiger partial charge >= 0.3 is 5.97 Å². The number of halogens is 1. The number of aromatic carboxylic acids is 1. The van der Waals surface area contributed by atoms with Gasteiger partial charge in [0.1, 0.15) is 0 Å². The van der Waals surface area contributed by atoms with Crippen molar-refractivity contribution >= 4 is 27.6 Å². The summed E-state index contributed by atoms with van der Waals surface area (Å²) in [6.45, 7) is 6.03. The van der Waals surface area contributed by atoms with Crippen LogP contribution >= 0.6 is 15.9 Å². The Morgan fingerprint density at radius 1 is 1.32 bits per heavy atom. The number of rotatable bonds is 2. The minimum absolute atomic E-state index is 0.368. The van der Waals surface area contributed by atoms with Crippen LogP contribution in [-0.2, 0) is 0 Å². The van der Waals surface area contributed by atoms with E-state index in [2.05, 4.69) is 46.6 Å². The maximum Gasteiger partial charge on any atom is 0.337 e. The number of nitrogens with zero attached hydrogens (tertiary/aromatic N) is 2. The topological polar surface area (TPSA) is 43.8 Å².